The van der Waals surface area contributed by atoms with Gasteiger partial charge in [0.1, 0.15) is 18.2 Å². The van der Waals surface area contributed by atoms with Gasteiger partial charge in [-0.25, -0.2) is 4.57 Å². The molecule has 0 bridgehead atoms. The van der Waals surface area contributed by atoms with E-state index in [1.165, 1.54) is 89.2 Å². The Balaban J connectivity index is 3.10. The minimum atomic E-state index is -4.23. The molecule has 2 N–H and O–H groups in total. The number of alkyl halides is 3. The number of amides is 1. The summed E-state index contributed by atoms with van der Waals surface area (Å²) in [6.45, 7) is 15.9. The zero-order valence-electron chi connectivity index (χ0n) is 36.2. The Morgan fingerprint density at radius 2 is 1.34 bits per heavy atom. The van der Waals surface area contributed by atoms with Crippen LogP contribution in [0.5, 0.6) is 0 Å². The molecule has 0 saturated carbocycles. The van der Waals surface area contributed by atoms with Crippen molar-refractivity contribution in [2.24, 2.45) is 5.92 Å². The molecule has 1 heterocycles. The number of allylic oxidation sites excluding steroid dienone is 2. The molecule has 5 unspecified atom stereocenters. The van der Waals surface area contributed by atoms with E-state index in [0.717, 1.165) is 44.9 Å². The maximum absolute atomic E-state index is 14.0. The van der Waals surface area contributed by atoms with Gasteiger partial charge in [-0.2, -0.15) is 0 Å². The van der Waals surface area contributed by atoms with Crippen LogP contribution in [0.3, 0.4) is 0 Å². The Bertz CT molecular complexity index is 1170. The van der Waals surface area contributed by atoms with E-state index >= 15 is 0 Å². The molecule has 1 aliphatic rings. The molecule has 58 heavy (non-hydrogen) atoms. The summed E-state index contributed by atoms with van der Waals surface area (Å²) >= 11 is 18.1. The van der Waals surface area contributed by atoms with E-state index in [1.54, 1.807) is 0 Å². The third-order valence-electron chi connectivity index (χ3n) is 10.2. The van der Waals surface area contributed by atoms with Gasteiger partial charge in [-0.05, 0) is 50.9 Å². The first-order chi connectivity index (χ1) is 27.8. The molecule has 1 saturated heterocycles. The van der Waals surface area contributed by atoms with Gasteiger partial charge in [0.25, 0.3) is 3.79 Å². The number of rotatable bonds is 36. The van der Waals surface area contributed by atoms with Crippen molar-refractivity contribution in [3.63, 3.8) is 0 Å². The molecule has 1 aliphatic heterocycles. The van der Waals surface area contributed by atoms with Crippen LogP contribution in [0.15, 0.2) is 37.5 Å². The van der Waals surface area contributed by atoms with Gasteiger partial charge >= 0.3 is 7.82 Å². The van der Waals surface area contributed by atoms with Crippen LogP contribution in [0, 0.1) is 11.3 Å². The number of halogens is 3. The molecular formula is C44H78Cl3N2O8P. The number of nitrogens with one attached hydrogen (secondary N) is 2. The van der Waals surface area contributed by atoms with Crippen LogP contribution in [0.4, 0.5) is 0 Å². The number of phosphoric acid groups is 1. The lowest BCUT2D eigenvalue weighted by Gasteiger charge is -2.46. The first kappa shape index (κ1) is 55.1. The molecule has 0 aromatic heterocycles. The lowest BCUT2D eigenvalue weighted by Crippen LogP contribution is -2.65. The fraction of sp³-hybridized carbons (Fsp3) is 0.818. The van der Waals surface area contributed by atoms with Crippen LogP contribution in [-0.2, 0) is 37.1 Å². The van der Waals surface area contributed by atoms with E-state index in [-0.39, 0.29) is 25.5 Å². The normalized spacial score (nSPS) is 20.6. The predicted octanol–water partition coefficient (Wildman–Crippen LogP) is 13.7. The van der Waals surface area contributed by atoms with Crippen molar-refractivity contribution in [3.8, 4) is 0 Å². The van der Waals surface area contributed by atoms with Crippen LogP contribution >= 0.6 is 42.6 Å². The van der Waals surface area contributed by atoms with E-state index < -0.39 is 48.2 Å². The van der Waals surface area contributed by atoms with E-state index in [0.29, 0.717) is 25.4 Å². The molecule has 10 nitrogen and oxygen atoms in total. The first-order valence-electron chi connectivity index (χ1n) is 22.2. The summed E-state index contributed by atoms with van der Waals surface area (Å²) in [5.74, 6) is -0.569. The second-order valence-electron chi connectivity index (χ2n) is 15.4. The van der Waals surface area contributed by atoms with E-state index in [1.807, 2.05) is 6.92 Å². The average Bonchev–Trinajstić information content (AvgIpc) is 3.19. The minimum absolute atomic E-state index is 0.108. The van der Waals surface area contributed by atoms with Gasteiger partial charge in [-0.3, -0.25) is 23.8 Å². The zero-order chi connectivity index (χ0) is 43.1. The molecule has 0 radical (unpaired) electrons. The zero-order valence-corrected chi connectivity index (χ0v) is 39.4. The highest BCUT2D eigenvalue weighted by Gasteiger charge is 2.52. The Morgan fingerprint density at radius 1 is 0.810 bits per heavy atom. The molecule has 0 spiro atoms. The number of carbonyl (C=O) groups is 1. The summed E-state index contributed by atoms with van der Waals surface area (Å²) in [5.41, 5.74) is 0. The third-order valence-corrected chi connectivity index (χ3v) is 12.2. The maximum atomic E-state index is 14.0. The fourth-order valence-electron chi connectivity index (χ4n) is 6.79. The van der Waals surface area contributed by atoms with Crippen LogP contribution < -0.4 is 5.32 Å². The SMILES string of the molecule is C=CCOP(=O)(OCC=C)OC1C(CC)OC(OC(=N)C(Cl)(Cl)Cl)C(NC(=O)CCCCCCCCC/C=C\CCCCCC)C1OCC[C@H](C)CCCCCCC. The summed E-state index contributed by atoms with van der Waals surface area (Å²) in [6.07, 6.45) is 26.7. The van der Waals surface area contributed by atoms with Crippen molar-refractivity contribution in [2.45, 2.75) is 203 Å². The third kappa shape index (κ3) is 25.1. The second-order valence-corrected chi connectivity index (χ2v) is 19.3. The topological polar surface area (TPSA) is 125 Å². The van der Waals surface area contributed by atoms with Gasteiger partial charge in [0.15, 0.2) is 0 Å². The van der Waals surface area contributed by atoms with Crippen molar-refractivity contribution in [2.75, 3.05) is 19.8 Å². The fourth-order valence-corrected chi connectivity index (χ4v) is 8.25. The van der Waals surface area contributed by atoms with Crippen LogP contribution in [-0.4, -0.2) is 66.1 Å². The quantitative estimate of drug-likeness (QED) is 0.0159. The molecular weight excluding hydrogens is 822 g/mol. The predicted molar refractivity (Wildman–Crippen MR) is 241 cm³/mol. The van der Waals surface area contributed by atoms with E-state index in [2.05, 4.69) is 51.4 Å². The molecule has 338 valence electrons. The van der Waals surface area contributed by atoms with Gasteiger partial charge in [0.2, 0.25) is 18.1 Å². The number of carbonyl (C=O) groups excluding carboxylic acids is 1. The lowest BCUT2D eigenvalue weighted by atomic mass is 9.94. The van der Waals surface area contributed by atoms with E-state index in [9.17, 15) is 9.36 Å². The highest BCUT2D eigenvalue weighted by molar-refractivity contribution is 7.48. The average molecular weight is 900 g/mol. The van der Waals surface area contributed by atoms with Crippen molar-refractivity contribution in [1.29, 1.82) is 5.41 Å². The minimum Gasteiger partial charge on any atom is -0.446 e. The van der Waals surface area contributed by atoms with Crippen LogP contribution in [0.2, 0.25) is 0 Å². The maximum Gasteiger partial charge on any atom is 0.475 e. The summed E-state index contributed by atoms with van der Waals surface area (Å²) < 4.78 is 47.9. The van der Waals surface area contributed by atoms with Crippen molar-refractivity contribution >= 4 is 54.4 Å². The standard InChI is InChI=1S/C44H78Cl3N2O8P/c1-7-12-14-16-17-18-19-20-21-22-23-24-25-27-29-31-38(50)49-39-41(52-35-32-36(6)30-28-26-15-13-8-2)40(57-58(51,53-33-9-3)54-34-10-4)37(11-5)55-42(39)56-43(48)44(45,46)47/h9-10,18-19,36-37,39-42,48H,3-4,7-8,11-17,20-35H2,1-2,5-6H3,(H,49,50)/b19-18-,48-43?/t36-,37?,39?,40?,41?,42?/m1/s1. The van der Waals surface area contributed by atoms with Crippen molar-refractivity contribution < 1.29 is 37.1 Å². The van der Waals surface area contributed by atoms with E-state index in [4.69, 9.17) is 68.0 Å². The first-order valence-corrected chi connectivity index (χ1v) is 24.8. The van der Waals surface area contributed by atoms with Crippen molar-refractivity contribution in [3.05, 3.63) is 37.5 Å². The monoisotopic (exact) mass is 898 g/mol. The molecule has 1 amide bonds. The lowest BCUT2D eigenvalue weighted by molar-refractivity contribution is -0.249. The molecule has 14 heteroatoms. The summed E-state index contributed by atoms with van der Waals surface area (Å²) in [5, 5.41) is 11.4. The van der Waals surface area contributed by atoms with Gasteiger partial charge in [-0.1, -0.05) is 177 Å². The number of hydrogen-bond acceptors (Lipinski definition) is 9. The number of phosphoric ester groups is 1. The molecule has 6 atom stereocenters. The van der Waals surface area contributed by atoms with Crippen LogP contribution in [0.1, 0.15) is 169 Å². The molecule has 0 aliphatic carbocycles. The van der Waals surface area contributed by atoms with Gasteiger partial charge in [0.05, 0.1) is 19.3 Å². The molecule has 1 rings (SSSR count). The Hall–Kier alpha value is -0.940. The van der Waals surface area contributed by atoms with Gasteiger partial charge in [0, 0.05) is 13.0 Å². The summed E-state index contributed by atoms with van der Waals surface area (Å²) in [6, 6.07) is -1.05. The number of unbranched alkanes of at least 4 members (excludes halogenated alkanes) is 15. The Morgan fingerprint density at radius 3 is 1.90 bits per heavy atom. The van der Waals surface area contributed by atoms with Gasteiger partial charge in [-0.15, -0.1) is 13.2 Å². The molecule has 0 aromatic carbocycles. The second kappa shape index (κ2) is 33.7. The Labute approximate surface area is 367 Å². The largest absolute Gasteiger partial charge is 0.475 e. The molecule has 1 fully saturated rings. The van der Waals surface area contributed by atoms with Crippen LogP contribution in [0.25, 0.3) is 0 Å². The highest BCUT2D eigenvalue weighted by atomic mass is 35.6. The summed E-state index contributed by atoms with van der Waals surface area (Å²) in [7, 11) is -4.23. The number of ether oxygens (including phenoxy) is 3. The smallest absolute Gasteiger partial charge is 0.446 e. The number of hydrogen-bond donors (Lipinski definition) is 2. The highest BCUT2D eigenvalue weighted by Crippen LogP contribution is 2.53. The van der Waals surface area contributed by atoms with Gasteiger partial charge < -0.3 is 19.5 Å². The molecule has 0 aromatic rings. The summed E-state index contributed by atoms with van der Waals surface area (Å²) in [4.78, 5) is 13.6. The Kier molecular flexibility index (Phi) is 32.0. The van der Waals surface area contributed by atoms with Crippen molar-refractivity contribution in [1.82, 2.24) is 5.32 Å².